The molecule has 110 valence electrons. The molecule has 5 nitrogen and oxygen atoms in total. The number of carbonyl (C=O) groups is 1. The van der Waals surface area contributed by atoms with Crippen molar-refractivity contribution in [2.75, 3.05) is 0 Å². The maximum Gasteiger partial charge on any atom is 0.208 e. The fourth-order valence-corrected chi connectivity index (χ4v) is 4.14. The molecule has 22 heavy (non-hydrogen) atoms. The Bertz CT molecular complexity index is 953. The van der Waals surface area contributed by atoms with Crippen LogP contribution < -0.4 is 0 Å². The lowest BCUT2D eigenvalue weighted by Gasteiger charge is -2.20. The molecule has 2 aromatic carbocycles. The molecule has 1 aliphatic heterocycles. The third kappa shape index (κ3) is 1.95. The van der Waals surface area contributed by atoms with Gasteiger partial charge in [-0.25, -0.2) is 8.42 Å². The van der Waals surface area contributed by atoms with Crippen LogP contribution in [0.3, 0.4) is 0 Å². The number of sulfone groups is 1. The van der Waals surface area contributed by atoms with Gasteiger partial charge in [-0.3, -0.25) is 4.79 Å². The van der Waals surface area contributed by atoms with Crippen LogP contribution in [0.15, 0.2) is 46.2 Å². The Morgan fingerprint density at radius 1 is 1.09 bits per heavy atom. The number of rotatable bonds is 1. The summed E-state index contributed by atoms with van der Waals surface area (Å²) < 4.78 is 25.3. The van der Waals surface area contributed by atoms with Gasteiger partial charge in [0.2, 0.25) is 9.84 Å². The normalized spacial score (nSPS) is 16.3. The summed E-state index contributed by atoms with van der Waals surface area (Å²) in [5, 5.41) is 18.5. The average Bonchev–Trinajstić information content (AvgIpc) is 2.52. The molecule has 2 aromatic rings. The summed E-state index contributed by atoms with van der Waals surface area (Å²) in [5.41, 5.74) is 0.753. The zero-order valence-electron chi connectivity index (χ0n) is 11.6. The summed E-state index contributed by atoms with van der Waals surface area (Å²) in [6, 6.07) is 10.1. The number of nitrogens with zero attached hydrogens (tertiary/aromatic N) is 1. The Morgan fingerprint density at radius 3 is 2.45 bits per heavy atom. The Kier molecular flexibility index (Phi) is 3.13. The van der Waals surface area contributed by atoms with E-state index in [1.807, 2.05) is 6.07 Å². The number of aliphatic hydroxyl groups is 1. The Hall–Kier alpha value is -2.49. The van der Waals surface area contributed by atoms with Crippen LogP contribution >= 0.6 is 0 Å². The molecule has 0 amide bonds. The highest BCUT2D eigenvalue weighted by Gasteiger charge is 2.35. The lowest BCUT2D eigenvalue weighted by atomic mass is 9.98. The third-order valence-corrected chi connectivity index (χ3v) is 5.52. The fourth-order valence-electron chi connectivity index (χ4n) is 2.48. The number of ketones is 1. The maximum absolute atomic E-state index is 12.7. The van der Waals surface area contributed by atoms with Crippen molar-refractivity contribution in [2.24, 2.45) is 0 Å². The van der Waals surface area contributed by atoms with Gasteiger partial charge in [-0.05, 0) is 42.8 Å². The zero-order chi connectivity index (χ0) is 16.1. The van der Waals surface area contributed by atoms with Gasteiger partial charge in [0.1, 0.15) is 0 Å². The van der Waals surface area contributed by atoms with E-state index in [1.54, 1.807) is 0 Å². The van der Waals surface area contributed by atoms with Gasteiger partial charge in [-0.1, -0.05) is 6.07 Å². The van der Waals surface area contributed by atoms with E-state index >= 15 is 0 Å². The monoisotopic (exact) mass is 313 g/mol. The smallest absolute Gasteiger partial charge is 0.208 e. The number of hydrogen-bond donors (Lipinski definition) is 1. The molecule has 0 radical (unpaired) electrons. The molecule has 0 spiro atoms. The molecular formula is C16H11NO4S. The highest BCUT2D eigenvalue weighted by molar-refractivity contribution is 7.91. The second-order valence-electron chi connectivity index (χ2n) is 5.09. The van der Waals surface area contributed by atoms with Crippen molar-refractivity contribution in [1.82, 2.24) is 0 Å². The van der Waals surface area contributed by atoms with Gasteiger partial charge in [-0.2, -0.15) is 5.26 Å². The van der Waals surface area contributed by atoms with Crippen molar-refractivity contribution in [1.29, 1.82) is 5.26 Å². The summed E-state index contributed by atoms with van der Waals surface area (Å²) >= 11 is 0. The van der Waals surface area contributed by atoms with Gasteiger partial charge in [0, 0.05) is 11.1 Å². The van der Waals surface area contributed by atoms with E-state index in [4.69, 9.17) is 5.26 Å². The van der Waals surface area contributed by atoms with Crippen LogP contribution in [-0.2, 0) is 9.84 Å². The van der Waals surface area contributed by atoms with E-state index < -0.39 is 21.7 Å². The number of nitriles is 1. The Labute approximate surface area is 127 Å². The van der Waals surface area contributed by atoms with Crippen molar-refractivity contribution >= 4 is 15.6 Å². The van der Waals surface area contributed by atoms with Crippen LogP contribution in [0.1, 0.15) is 40.1 Å². The SMILES string of the molecule is CC(O)c1ccc2c(c1)C(=O)c1ccc(C#N)cc1S2(=O)=O. The number of fused-ring (bicyclic) bond motifs is 2. The quantitative estimate of drug-likeness (QED) is 0.741. The summed E-state index contributed by atoms with van der Waals surface area (Å²) in [6.07, 6.45) is -0.803. The predicted octanol–water partition coefficient (Wildman–Crippen LogP) is 1.99. The summed E-state index contributed by atoms with van der Waals surface area (Å²) in [6.45, 7) is 1.54. The first-order valence-electron chi connectivity index (χ1n) is 6.52. The molecule has 1 N–H and O–H groups in total. The molecule has 6 heteroatoms. The molecular weight excluding hydrogens is 302 g/mol. The molecule has 1 atom stereocenters. The molecule has 0 aromatic heterocycles. The number of hydrogen-bond acceptors (Lipinski definition) is 5. The summed E-state index contributed by atoms with van der Waals surface area (Å²) in [4.78, 5) is 12.3. The van der Waals surface area contributed by atoms with E-state index in [1.165, 1.54) is 43.3 Å². The number of aliphatic hydroxyl groups excluding tert-OH is 1. The first-order valence-corrected chi connectivity index (χ1v) is 8.00. The Morgan fingerprint density at radius 2 is 1.82 bits per heavy atom. The average molecular weight is 313 g/mol. The molecule has 3 rings (SSSR count). The summed E-state index contributed by atoms with van der Waals surface area (Å²) in [7, 11) is -3.86. The molecule has 0 aliphatic carbocycles. The van der Waals surface area contributed by atoms with Crippen LogP contribution in [0.5, 0.6) is 0 Å². The van der Waals surface area contributed by atoms with Crippen LogP contribution in [0.4, 0.5) is 0 Å². The van der Waals surface area contributed by atoms with Crippen molar-refractivity contribution in [3.05, 3.63) is 58.7 Å². The van der Waals surface area contributed by atoms with Gasteiger partial charge in [0.15, 0.2) is 5.78 Å². The summed E-state index contributed by atoms with van der Waals surface area (Å²) in [5.74, 6) is -0.424. The van der Waals surface area contributed by atoms with E-state index in [9.17, 15) is 18.3 Å². The molecule has 0 saturated carbocycles. The minimum atomic E-state index is -3.86. The molecule has 1 unspecified atom stereocenters. The van der Waals surface area contributed by atoms with Crippen molar-refractivity contribution in [3.63, 3.8) is 0 Å². The largest absolute Gasteiger partial charge is 0.389 e. The van der Waals surface area contributed by atoms with E-state index in [0.29, 0.717) is 5.56 Å². The minimum Gasteiger partial charge on any atom is -0.389 e. The van der Waals surface area contributed by atoms with Gasteiger partial charge in [-0.15, -0.1) is 0 Å². The highest BCUT2D eigenvalue weighted by Crippen LogP contribution is 2.36. The topological polar surface area (TPSA) is 95.2 Å². The number of carbonyl (C=O) groups excluding carboxylic acids is 1. The first-order chi connectivity index (χ1) is 10.4. The standard InChI is InChI=1S/C16H11NO4S/c1-9(18)11-3-5-14-13(7-11)16(19)12-4-2-10(8-17)6-15(12)22(14,20)21/h2-7,9,18H,1H3. The lowest BCUT2D eigenvalue weighted by molar-refractivity contribution is 0.103. The van der Waals surface area contributed by atoms with Gasteiger partial charge in [0.25, 0.3) is 0 Å². The molecule has 1 heterocycles. The molecule has 0 bridgehead atoms. The second-order valence-corrected chi connectivity index (χ2v) is 6.97. The van der Waals surface area contributed by atoms with Crippen molar-refractivity contribution < 1.29 is 18.3 Å². The van der Waals surface area contributed by atoms with Crippen LogP contribution in [-0.4, -0.2) is 19.3 Å². The van der Waals surface area contributed by atoms with E-state index in [-0.39, 0.29) is 26.5 Å². The fraction of sp³-hybridized carbons (Fsp3) is 0.125. The highest BCUT2D eigenvalue weighted by atomic mass is 32.2. The zero-order valence-corrected chi connectivity index (χ0v) is 12.4. The molecule has 0 fully saturated rings. The van der Waals surface area contributed by atoms with Gasteiger partial charge in [0.05, 0.1) is 27.5 Å². The first kappa shape index (κ1) is 14.4. The van der Waals surface area contributed by atoms with Crippen LogP contribution in [0.2, 0.25) is 0 Å². The van der Waals surface area contributed by atoms with Gasteiger partial charge >= 0.3 is 0 Å². The predicted molar refractivity (Wildman–Crippen MR) is 77.1 cm³/mol. The minimum absolute atomic E-state index is 0.0502. The number of benzene rings is 2. The maximum atomic E-state index is 12.7. The lowest BCUT2D eigenvalue weighted by Crippen LogP contribution is -2.20. The van der Waals surface area contributed by atoms with Crippen molar-refractivity contribution in [2.45, 2.75) is 22.8 Å². The van der Waals surface area contributed by atoms with Crippen LogP contribution in [0.25, 0.3) is 0 Å². The Balaban J connectivity index is 2.33. The van der Waals surface area contributed by atoms with Gasteiger partial charge < -0.3 is 5.11 Å². The molecule has 1 aliphatic rings. The second kappa shape index (κ2) is 4.77. The van der Waals surface area contributed by atoms with Crippen molar-refractivity contribution in [3.8, 4) is 6.07 Å². The van der Waals surface area contributed by atoms with E-state index in [2.05, 4.69) is 0 Å². The molecule has 0 saturated heterocycles. The van der Waals surface area contributed by atoms with Crippen LogP contribution in [0, 0.1) is 11.3 Å². The van der Waals surface area contributed by atoms with E-state index in [0.717, 1.165) is 0 Å². The third-order valence-electron chi connectivity index (χ3n) is 3.67.